The molecule has 0 radical (unpaired) electrons. The van der Waals surface area contributed by atoms with Crippen LogP contribution in [0.25, 0.3) is 11.3 Å². The van der Waals surface area contributed by atoms with E-state index in [0.29, 0.717) is 23.6 Å². The number of aromatic hydroxyl groups is 1. The van der Waals surface area contributed by atoms with Crippen molar-refractivity contribution in [1.29, 1.82) is 0 Å². The molecule has 0 saturated heterocycles. The van der Waals surface area contributed by atoms with Crippen molar-refractivity contribution in [3.8, 4) is 17.0 Å². The summed E-state index contributed by atoms with van der Waals surface area (Å²) in [6.45, 7) is 2.02. The first-order chi connectivity index (χ1) is 13.0. The van der Waals surface area contributed by atoms with E-state index in [1.165, 1.54) is 12.1 Å². The molecule has 1 heterocycles. The van der Waals surface area contributed by atoms with E-state index in [9.17, 15) is 14.3 Å². The molecule has 0 atom stereocenters. The molecule has 1 aromatic heterocycles. The molecule has 3 aromatic rings. The lowest BCUT2D eigenvalue weighted by Crippen LogP contribution is -2.17. The number of carbonyl (C=O) groups is 1. The summed E-state index contributed by atoms with van der Waals surface area (Å²) in [5, 5.41) is 12.1. The summed E-state index contributed by atoms with van der Waals surface area (Å²) < 4.78 is 13.1. The van der Waals surface area contributed by atoms with E-state index in [-0.39, 0.29) is 23.9 Å². The van der Waals surface area contributed by atoms with Crippen molar-refractivity contribution >= 4 is 11.7 Å². The van der Waals surface area contributed by atoms with Crippen LogP contribution in [0, 0.1) is 5.82 Å². The molecule has 27 heavy (non-hydrogen) atoms. The van der Waals surface area contributed by atoms with Crippen molar-refractivity contribution in [3.63, 3.8) is 0 Å². The lowest BCUT2D eigenvalue weighted by atomic mass is 10.1. The number of nitrogens with one attached hydrogen (secondary N) is 1. The number of aromatic nitrogens is 2. The SMILES string of the molecule is CCCc1nc(-c2ccc(F)cc2)cnc1NC(=O)Cc1ccc(O)cc1. The van der Waals surface area contributed by atoms with Gasteiger partial charge in [-0.1, -0.05) is 25.5 Å². The van der Waals surface area contributed by atoms with Crippen molar-refractivity contribution in [2.45, 2.75) is 26.2 Å². The highest BCUT2D eigenvalue weighted by Crippen LogP contribution is 2.21. The van der Waals surface area contributed by atoms with E-state index >= 15 is 0 Å². The average molecular weight is 365 g/mol. The van der Waals surface area contributed by atoms with Crippen molar-refractivity contribution in [3.05, 3.63) is 71.8 Å². The van der Waals surface area contributed by atoms with Gasteiger partial charge in [0.15, 0.2) is 5.82 Å². The second-order valence-electron chi connectivity index (χ2n) is 6.20. The number of anilines is 1. The standard InChI is InChI=1S/C21H20FN3O2/c1-2-3-18-21(25-20(27)12-14-4-10-17(26)11-5-14)23-13-19(24-18)15-6-8-16(22)9-7-15/h4-11,13,26H,2-3,12H2,1H3,(H,23,25,27). The van der Waals surface area contributed by atoms with Crippen molar-refractivity contribution in [2.24, 2.45) is 0 Å². The second-order valence-corrected chi connectivity index (χ2v) is 6.20. The lowest BCUT2D eigenvalue weighted by Gasteiger charge is -2.11. The van der Waals surface area contributed by atoms with Crippen LogP contribution in [0.5, 0.6) is 5.75 Å². The Hall–Kier alpha value is -3.28. The molecule has 0 aliphatic rings. The van der Waals surface area contributed by atoms with E-state index < -0.39 is 0 Å². The Kier molecular flexibility index (Phi) is 5.76. The molecule has 1 amide bonds. The van der Waals surface area contributed by atoms with E-state index in [2.05, 4.69) is 15.3 Å². The maximum atomic E-state index is 13.1. The summed E-state index contributed by atoms with van der Waals surface area (Å²) in [5.41, 5.74) is 2.88. The smallest absolute Gasteiger partial charge is 0.229 e. The van der Waals surface area contributed by atoms with Crippen molar-refractivity contribution in [1.82, 2.24) is 9.97 Å². The highest BCUT2D eigenvalue weighted by atomic mass is 19.1. The second kappa shape index (κ2) is 8.40. The van der Waals surface area contributed by atoms with Gasteiger partial charge < -0.3 is 10.4 Å². The summed E-state index contributed by atoms with van der Waals surface area (Å²) in [6.07, 6.45) is 3.26. The quantitative estimate of drug-likeness (QED) is 0.689. The van der Waals surface area contributed by atoms with Crippen LogP contribution in [-0.4, -0.2) is 21.0 Å². The van der Waals surface area contributed by atoms with Gasteiger partial charge in [0.1, 0.15) is 11.6 Å². The molecule has 6 heteroatoms. The summed E-state index contributed by atoms with van der Waals surface area (Å²) >= 11 is 0. The van der Waals surface area contributed by atoms with Gasteiger partial charge in [-0.05, 0) is 48.4 Å². The number of hydrogen-bond donors (Lipinski definition) is 2. The molecule has 0 spiro atoms. The first kappa shape index (κ1) is 18.5. The van der Waals surface area contributed by atoms with E-state index in [0.717, 1.165) is 17.5 Å². The molecule has 0 unspecified atom stereocenters. The van der Waals surface area contributed by atoms with Crippen LogP contribution in [0.3, 0.4) is 0 Å². The number of phenolic OH excluding ortho intramolecular Hbond substituents is 1. The highest BCUT2D eigenvalue weighted by Gasteiger charge is 2.12. The number of hydrogen-bond acceptors (Lipinski definition) is 4. The molecule has 0 fully saturated rings. The van der Waals surface area contributed by atoms with Gasteiger partial charge in [0.05, 0.1) is 24.0 Å². The normalized spacial score (nSPS) is 10.6. The highest BCUT2D eigenvalue weighted by molar-refractivity contribution is 5.92. The van der Waals surface area contributed by atoms with Crippen LogP contribution in [-0.2, 0) is 17.6 Å². The van der Waals surface area contributed by atoms with Gasteiger partial charge in [-0.15, -0.1) is 0 Å². The van der Waals surface area contributed by atoms with Crippen LogP contribution in [0.2, 0.25) is 0 Å². The molecule has 138 valence electrons. The number of aryl methyl sites for hydroxylation is 1. The fourth-order valence-electron chi connectivity index (χ4n) is 2.68. The summed E-state index contributed by atoms with van der Waals surface area (Å²) in [4.78, 5) is 21.3. The van der Waals surface area contributed by atoms with Gasteiger partial charge in [0.2, 0.25) is 5.91 Å². The van der Waals surface area contributed by atoms with Crippen LogP contribution in [0.1, 0.15) is 24.6 Å². The van der Waals surface area contributed by atoms with E-state index in [1.807, 2.05) is 6.92 Å². The van der Waals surface area contributed by atoms with Gasteiger partial charge in [-0.2, -0.15) is 0 Å². The lowest BCUT2D eigenvalue weighted by molar-refractivity contribution is -0.115. The first-order valence-electron chi connectivity index (χ1n) is 8.74. The fourth-order valence-corrected chi connectivity index (χ4v) is 2.68. The zero-order valence-corrected chi connectivity index (χ0v) is 14.9. The zero-order valence-electron chi connectivity index (χ0n) is 14.9. The molecule has 0 aliphatic heterocycles. The topological polar surface area (TPSA) is 75.1 Å². The van der Waals surface area contributed by atoms with Gasteiger partial charge in [-0.3, -0.25) is 4.79 Å². The molecular weight excluding hydrogens is 345 g/mol. The molecule has 2 aromatic carbocycles. The van der Waals surface area contributed by atoms with Gasteiger partial charge in [0, 0.05) is 5.56 Å². The molecule has 0 saturated carbocycles. The molecule has 5 nitrogen and oxygen atoms in total. The maximum Gasteiger partial charge on any atom is 0.229 e. The third-order valence-electron chi connectivity index (χ3n) is 4.03. The van der Waals surface area contributed by atoms with Gasteiger partial charge in [-0.25, -0.2) is 14.4 Å². The molecule has 0 bridgehead atoms. The van der Waals surface area contributed by atoms with Crippen LogP contribution >= 0.6 is 0 Å². The van der Waals surface area contributed by atoms with Crippen molar-refractivity contribution < 1.29 is 14.3 Å². The molecule has 0 aliphatic carbocycles. The zero-order chi connectivity index (χ0) is 19.2. The molecule has 2 N–H and O–H groups in total. The summed E-state index contributed by atoms with van der Waals surface area (Å²) in [5.74, 6) is 0.0820. The Balaban J connectivity index is 1.78. The number of nitrogens with zero attached hydrogens (tertiary/aromatic N) is 2. The number of phenols is 1. The predicted molar refractivity (Wildman–Crippen MR) is 102 cm³/mol. The number of benzene rings is 2. The van der Waals surface area contributed by atoms with Gasteiger partial charge >= 0.3 is 0 Å². The largest absolute Gasteiger partial charge is 0.508 e. The first-order valence-corrected chi connectivity index (χ1v) is 8.74. The third kappa shape index (κ3) is 4.88. The Bertz CT molecular complexity index is 925. The number of rotatable bonds is 6. The fraction of sp³-hybridized carbons (Fsp3) is 0.190. The van der Waals surface area contributed by atoms with E-state index in [1.54, 1.807) is 42.6 Å². The minimum atomic E-state index is -0.307. The van der Waals surface area contributed by atoms with Crippen LogP contribution < -0.4 is 5.32 Å². The average Bonchev–Trinajstić information content (AvgIpc) is 2.66. The number of carbonyl (C=O) groups excluding carboxylic acids is 1. The summed E-state index contributed by atoms with van der Waals surface area (Å²) in [6, 6.07) is 12.5. The van der Waals surface area contributed by atoms with Crippen molar-refractivity contribution in [2.75, 3.05) is 5.32 Å². The Morgan fingerprint density at radius 2 is 1.81 bits per heavy atom. The Morgan fingerprint density at radius 3 is 2.48 bits per heavy atom. The molecular formula is C21H20FN3O2. The third-order valence-corrected chi connectivity index (χ3v) is 4.03. The Labute approximate surface area is 156 Å². The summed E-state index contributed by atoms with van der Waals surface area (Å²) in [7, 11) is 0. The Morgan fingerprint density at radius 1 is 1.11 bits per heavy atom. The number of halogens is 1. The minimum Gasteiger partial charge on any atom is -0.508 e. The minimum absolute atomic E-state index is 0.159. The maximum absolute atomic E-state index is 13.1. The van der Waals surface area contributed by atoms with Gasteiger partial charge in [0.25, 0.3) is 0 Å². The predicted octanol–water partition coefficient (Wildman–Crippen LogP) is 4.12. The molecule has 3 rings (SSSR count). The van der Waals surface area contributed by atoms with Crippen LogP contribution in [0.4, 0.5) is 10.2 Å². The number of amides is 1. The van der Waals surface area contributed by atoms with E-state index in [4.69, 9.17) is 0 Å². The van der Waals surface area contributed by atoms with Crippen LogP contribution in [0.15, 0.2) is 54.7 Å². The monoisotopic (exact) mass is 365 g/mol.